The van der Waals surface area contributed by atoms with Gasteiger partial charge >= 0.3 is 5.23 Å². The highest BCUT2D eigenvalue weighted by Gasteiger charge is 2.27. The lowest BCUT2D eigenvalue weighted by molar-refractivity contribution is 0.353. The monoisotopic (exact) mass is 301 g/mol. The summed E-state index contributed by atoms with van der Waals surface area (Å²) in [6, 6.07) is 14.8. The SMILES string of the molecule is Cc1ccc(S(=O)(=O)C2=NCCO2)cc1-c1ccccc1. The van der Waals surface area contributed by atoms with Crippen molar-refractivity contribution >= 4 is 15.1 Å². The minimum absolute atomic E-state index is 0.176. The predicted octanol–water partition coefficient (Wildman–Crippen LogP) is 2.82. The molecule has 0 fully saturated rings. The van der Waals surface area contributed by atoms with Crippen molar-refractivity contribution in [1.29, 1.82) is 0 Å². The van der Waals surface area contributed by atoms with Crippen LogP contribution >= 0.6 is 0 Å². The first kappa shape index (κ1) is 13.8. The van der Waals surface area contributed by atoms with Crippen LogP contribution in [0.4, 0.5) is 0 Å². The van der Waals surface area contributed by atoms with Crippen LogP contribution < -0.4 is 0 Å². The molecule has 0 atom stereocenters. The molecular formula is C16H15NO3S. The van der Waals surface area contributed by atoms with Gasteiger partial charge in [-0.1, -0.05) is 36.4 Å². The van der Waals surface area contributed by atoms with Gasteiger partial charge in [-0.15, -0.1) is 0 Å². The molecule has 0 saturated heterocycles. The molecule has 4 nitrogen and oxygen atoms in total. The summed E-state index contributed by atoms with van der Waals surface area (Å²) in [5, 5.41) is -0.176. The van der Waals surface area contributed by atoms with Crippen molar-refractivity contribution in [3.63, 3.8) is 0 Å². The highest BCUT2D eigenvalue weighted by atomic mass is 32.2. The third kappa shape index (κ3) is 2.56. The van der Waals surface area contributed by atoms with Gasteiger partial charge in [0, 0.05) is 0 Å². The summed E-state index contributed by atoms with van der Waals surface area (Å²) in [7, 11) is -3.66. The van der Waals surface area contributed by atoms with Gasteiger partial charge in [-0.05, 0) is 35.7 Å². The molecule has 21 heavy (non-hydrogen) atoms. The second-order valence-electron chi connectivity index (χ2n) is 4.84. The second kappa shape index (κ2) is 5.33. The van der Waals surface area contributed by atoms with Crippen LogP contribution in [0.1, 0.15) is 5.56 Å². The standard InChI is InChI=1S/C16H15NO3S/c1-12-7-8-14(21(18,19)16-17-9-10-20-16)11-15(12)13-5-3-2-4-6-13/h2-8,11H,9-10H2,1H3. The van der Waals surface area contributed by atoms with Gasteiger partial charge in [0.05, 0.1) is 11.4 Å². The molecule has 0 amide bonds. The van der Waals surface area contributed by atoms with Crippen LogP contribution in [0.3, 0.4) is 0 Å². The number of ether oxygens (including phenoxy) is 1. The molecule has 108 valence electrons. The summed E-state index contributed by atoms with van der Waals surface area (Å²) < 4.78 is 30.1. The molecular weight excluding hydrogens is 286 g/mol. The molecule has 0 aliphatic carbocycles. The Kier molecular flexibility index (Phi) is 3.51. The van der Waals surface area contributed by atoms with Crippen LogP contribution in [0.15, 0.2) is 58.4 Å². The Balaban J connectivity index is 2.10. The topological polar surface area (TPSA) is 55.7 Å². The first-order valence-corrected chi connectivity index (χ1v) is 8.16. The van der Waals surface area contributed by atoms with Gasteiger partial charge in [0.25, 0.3) is 9.84 Å². The van der Waals surface area contributed by atoms with Crippen molar-refractivity contribution < 1.29 is 13.2 Å². The van der Waals surface area contributed by atoms with E-state index in [1.54, 1.807) is 12.1 Å². The summed E-state index contributed by atoms with van der Waals surface area (Å²) in [4.78, 5) is 4.13. The van der Waals surface area contributed by atoms with Crippen LogP contribution in [-0.4, -0.2) is 26.8 Å². The van der Waals surface area contributed by atoms with Crippen molar-refractivity contribution in [2.75, 3.05) is 13.2 Å². The number of aliphatic imine (C=N–C) groups is 1. The number of rotatable bonds is 2. The number of benzene rings is 2. The Morgan fingerprint density at radius 3 is 2.52 bits per heavy atom. The first-order valence-electron chi connectivity index (χ1n) is 6.67. The average Bonchev–Trinajstić information content (AvgIpc) is 3.03. The number of nitrogens with zero attached hydrogens (tertiary/aromatic N) is 1. The van der Waals surface area contributed by atoms with E-state index in [9.17, 15) is 8.42 Å². The molecule has 1 heterocycles. The zero-order valence-corrected chi connectivity index (χ0v) is 12.4. The maximum absolute atomic E-state index is 12.5. The van der Waals surface area contributed by atoms with Gasteiger partial charge < -0.3 is 4.74 Å². The molecule has 0 N–H and O–H groups in total. The fourth-order valence-electron chi connectivity index (χ4n) is 2.28. The number of hydrogen-bond donors (Lipinski definition) is 0. The fraction of sp³-hybridized carbons (Fsp3) is 0.188. The van der Waals surface area contributed by atoms with E-state index in [-0.39, 0.29) is 10.1 Å². The van der Waals surface area contributed by atoms with Gasteiger partial charge in [-0.3, -0.25) is 0 Å². The van der Waals surface area contributed by atoms with Crippen molar-refractivity contribution in [3.8, 4) is 11.1 Å². The summed E-state index contributed by atoms with van der Waals surface area (Å²) in [6.07, 6.45) is 0. The molecule has 2 aromatic carbocycles. The molecule has 3 rings (SSSR count). The zero-order chi connectivity index (χ0) is 14.9. The first-order chi connectivity index (χ1) is 10.1. The molecule has 0 radical (unpaired) electrons. The van der Waals surface area contributed by atoms with E-state index in [0.29, 0.717) is 13.2 Å². The lowest BCUT2D eigenvalue weighted by atomic mass is 10.0. The Bertz CT molecular complexity index is 796. The van der Waals surface area contributed by atoms with Crippen molar-refractivity contribution in [2.24, 2.45) is 4.99 Å². The van der Waals surface area contributed by atoms with Crippen LogP contribution in [0.5, 0.6) is 0 Å². The second-order valence-corrected chi connectivity index (χ2v) is 6.67. The molecule has 0 unspecified atom stereocenters. The van der Waals surface area contributed by atoms with Crippen molar-refractivity contribution in [1.82, 2.24) is 0 Å². The van der Waals surface area contributed by atoms with Crippen molar-refractivity contribution in [2.45, 2.75) is 11.8 Å². The third-order valence-corrected chi connectivity index (χ3v) is 4.97. The lowest BCUT2D eigenvalue weighted by Gasteiger charge is -2.10. The molecule has 2 aromatic rings. The zero-order valence-electron chi connectivity index (χ0n) is 11.6. The molecule has 5 heteroatoms. The molecule has 1 aliphatic heterocycles. The van der Waals surface area contributed by atoms with Crippen molar-refractivity contribution in [3.05, 3.63) is 54.1 Å². The van der Waals surface area contributed by atoms with Crippen LogP contribution in [0.2, 0.25) is 0 Å². The number of aryl methyl sites for hydroxylation is 1. The highest BCUT2D eigenvalue weighted by Crippen LogP contribution is 2.27. The van der Waals surface area contributed by atoms with E-state index in [1.165, 1.54) is 0 Å². The number of hydrogen-bond acceptors (Lipinski definition) is 4. The van der Waals surface area contributed by atoms with Gasteiger partial charge in [-0.2, -0.15) is 0 Å². The molecule has 0 aromatic heterocycles. The molecule has 0 saturated carbocycles. The van der Waals surface area contributed by atoms with Gasteiger partial charge in [0.2, 0.25) is 0 Å². The lowest BCUT2D eigenvalue weighted by Crippen LogP contribution is -2.15. The minimum atomic E-state index is -3.66. The fourth-order valence-corrected chi connectivity index (χ4v) is 3.50. The van der Waals surface area contributed by atoms with E-state index in [2.05, 4.69) is 4.99 Å². The summed E-state index contributed by atoms with van der Waals surface area (Å²) in [5.74, 6) is 0. The maximum atomic E-state index is 12.5. The predicted molar refractivity (Wildman–Crippen MR) is 82.1 cm³/mol. The van der Waals surface area contributed by atoms with E-state index in [0.717, 1.165) is 16.7 Å². The third-order valence-electron chi connectivity index (χ3n) is 3.39. The highest BCUT2D eigenvalue weighted by molar-refractivity contribution is 8.06. The van der Waals surface area contributed by atoms with Crippen LogP contribution in [0, 0.1) is 6.92 Å². The van der Waals surface area contributed by atoms with E-state index in [1.807, 2.05) is 43.3 Å². The minimum Gasteiger partial charge on any atom is -0.467 e. The summed E-state index contributed by atoms with van der Waals surface area (Å²) in [6.45, 7) is 2.68. The largest absolute Gasteiger partial charge is 0.467 e. The average molecular weight is 301 g/mol. The quantitative estimate of drug-likeness (QED) is 0.857. The molecule has 1 aliphatic rings. The Labute approximate surface area is 124 Å². The number of sulfone groups is 1. The van der Waals surface area contributed by atoms with E-state index < -0.39 is 9.84 Å². The summed E-state index contributed by atoms with van der Waals surface area (Å²) >= 11 is 0. The van der Waals surface area contributed by atoms with Gasteiger partial charge in [0.15, 0.2) is 0 Å². The van der Waals surface area contributed by atoms with Crippen LogP contribution in [-0.2, 0) is 14.6 Å². The normalized spacial score (nSPS) is 14.6. The Hall–Kier alpha value is -2.14. The van der Waals surface area contributed by atoms with Gasteiger partial charge in [0.1, 0.15) is 6.61 Å². The van der Waals surface area contributed by atoms with E-state index >= 15 is 0 Å². The Morgan fingerprint density at radius 2 is 1.86 bits per heavy atom. The van der Waals surface area contributed by atoms with Crippen LogP contribution in [0.25, 0.3) is 11.1 Å². The van der Waals surface area contributed by atoms with Gasteiger partial charge in [-0.25, -0.2) is 13.4 Å². The molecule has 0 spiro atoms. The Morgan fingerprint density at radius 1 is 1.10 bits per heavy atom. The molecule has 0 bridgehead atoms. The summed E-state index contributed by atoms with van der Waals surface area (Å²) in [5.41, 5.74) is 2.91. The smallest absolute Gasteiger partial charge is 0.310 e. The van der Waals surface area contributed by atoms with E-state index in [4.69, 9.17) is 4.74 Å². The maximum Gasteiger partial charge on any atom is 0.310 e.